The molecule has 0 aromatic heterocycles. The monoisotopic (exact) mass is 306 g/mol. The molecule has 1 heterocycles. The largest absolute Gasteiger partial charge is 0.490 e. The van der Waals surface area contributed by atoms with Crippen LogP contribution in [0.15, 0.2) is 24.3 Å². The van der Waals surface area contributed by atoms with Crippen molar-refractivity contribution in [2.24, 2.45) is 5.92 Å². The molecule has 0 saturated carbocycles. The predicted octanol–water partition coefficient (Wildman–Crippen LogP) is 1.92. The number of likely N-dealkylation sites (tertiary alicyclic amines) is 1. The number of nitrogens with zero attached hydrogens (tertiary/aromatic N) is 1. The molecule has 0 bridgehead atoms. The molecular formula is C17H26N2O3. The molecule has 122 valence electrons. The van der Waals surface area contributed by atoms with Crippen molar-refractivity contribution in [1.82, 2.24) is 10.2 Å². The number of carbonyl (C=O) groups excluding carboxylic acids is 1. The van der Waals surface area contributed by atoms with Gasteiger partial charge in [-0.15, -0.1) is 0 Å². The van der Waals surface area contributed by atoms with Crippen LogP contribution in [0.25, 0.3) is 0 Å². The van der Waals surface area contributed by atoms with E-state index in [1.165, 1.54) is 6.42 Å². The molecule has 22 heavy (non-hydrogen) atoms. The van der Waals surface area contributed by atoms with Gasteiger partial charge >= 0.3 is 0 Å². The third-order valence-electron chi connectivity index (χ3n) is 3.86. The lowest BCUT2D eigenvalue weighted by Crippen LogP contribution is -2.44. The first-order valence-electron chi connectivity index (χ1n) is 8.01. The number of rotatable bonds is 7. The minimum atomic E-state index is 0.0482. The maximum Gasteiger partial charge on any atom is 0.260 e. The normalized spacial score (nSPS) is 18.1. The van der Waals surface area contributed by atoms with Gasteiger partial charge in [0.15, 0.2) is 18.1 Å². The second-order valence-corrected chi connectivity index (χ2v) is 5.57. The smallest absolute Gasteiger partial charge is 0.260 e. The first kappa shape index (κ1) is 16.6. The van der Waals surface area contributed by atoms with Gasteiger partial charge in [0, 0.05) is 13.1 Å². The molecule has 0 aliphatic carbocycles. The molecule has 1 aromatic carbocycles. The quantitative estimate of drug-likeness (QED) is 0.836. The lowest BCUT2D eigenvalue weighted by Gasteiger charge is -2.32. The molecule has 1 saturated heterocycles. The molecule has 1 aliphatic rings. The number of para-hydroxylation sites is 2. The number of piperidine rings is 1. The van der Waals surface area contributed by atoms with Crippen LogP contribution in [0.3, 0.4) is 0 Å². The number of hydrogen-bond donors (Lipinski definition) is 1. The summed E-state index contributed by atoms with van der Waals surface area (Å²) in [5.74, 6) is 1.90. The average molecular weight is 306 g/mol. The molecule has 1 fully saturated rings. The van der Waals surface area contributed by atoms with Gasteiger partial charge in [-0.25, -0.2) is 0 Å². The summed E-state index contributed by atoms with van der Waals surface area (Å²) in [6, 6.07) is 7.46. The Hall–Kier alpha value is -1.75. The van der Waals surface area contributed by atoms with Crippen LogP contribution in [-0.4, -0.2) is 50.7 Å². The van der Waals surface area contributed by atoms with Gasteiger partial charge in [-0.1, -0.05) is 12.1 Å². The van der Waals surface area contributed by atoms with Gasteiger partial charge in [0.05, 0.1) is 6.61 Å². The summed E-state index contributed by atoms with van der Waals surface area (Å²) in [6.45, 7) is 5.17. The van der Waals surface area contributed by atoms with Gasteiger partial charge in [-0.05, 0) is 51.4 Å². The van der Waals surface area contributed by atoms with Gasteiger partial charge < -0.3 is 19.7 Å². The standard InChI is InChI=1S/C17H26N2O3/c1-3-21-15-8-4-5-9-16(15)22-13-17(20)19-10-6-7-14(12-19)11-18-2/h4-5,8-9,14,18H,3,6-7,10-13H2,1-2H3. The predicted molar refractivity (Wildman–Crippen MR) is 86.3 cm³/mol. The van der Waals surface area contributed by atoms with E-state index in [1.54, 1.807) is 0 Å². The maximum atomic E-state index is 12.3. The zero-order chi connectivity index (χ0) is 15.8. The minimum Gasteiger partial charge on any atom is -0.490 e. The van der Waals surface area contributed by atoms with Crippen molar-refractivity contribution in [2.75, 3.05) is 39.9 Å². The molecule has 1 unspecified atom stereocenters. The topological polar surface area (TPSA) is 50.8 Å². The molecule has 2 rings (SSSR count). The third kappa shape index (κ3) is 4.63. The number of ether oxygens (including phenoxy) is 2. The highest BCUT2D eigenvalue weighted by molar-refractivity contribution is 5.78. The van der Waals surface area contributed by atoms with Crippen LogP contribution in [0.2, 0.25) is 0 Å². The first-order valence-corrected chi connectivity index (χ1v) is 8.01. The highest BCUT2D eigenvalue weighted by Crippen LogP contribution is 2.26. The van der Waals surface area contributed by atoms with Crippen molar-refractivity contribution < 1.29 is 14.3 Å². The van der Waals surface area contributed by atoms with Crippen molar-refractivity contribution in [3.05, 3.63) is 24.3 Å². The molecule has 1 amide bonds. The highest BCUT2D eigenvalue weighted by Gasteiger charge is 2.23. The average Bonchev–Trinajstić information content (AvgIpc) is 2.54. The van der Waals surface area contributed by atoms with Crippen molar-refractivity contribution in [2.45, 2.75) is 19.8 Å². The fraction of sp³-hybridized carbons (Fsp3) is 0.588. The molecular weight excluding hydrogens is 280 g/mol. The Kier molecular flexibility index (Phi) is 6.52. The van der Waals surface area contributed by atoms with E-state index in [-0.39, 0.29) is 12.5 Å². The van der Waals surface area contributed by atoms with E-state index in [0.29, 0.717) is 24.0 Å². The van der Waals surface area contributed by atoms with Crippen molar-refractivity contribution in [3.8, 4) is 11.5 Å². The SMILES string of the molecule is CCOc1ccccc1OCC(=O)N1CCCC(CNC)C1. The van der Waals surface area contributed by atoms with Crippen LogP contribution in [0.1, 0.15) is 19.8 Å². The van der Waals surface area contributed by atoms with Gasteiger partial charge in [-0.3, -0.25) is 4.79 Å². The number of nitrogens with one attached hydrogen (secondary N) is 1. The number of benzene rings is 1. The Morgan fingerprint density at radius 3 is 2.73 bits per heavy atom. The highest BCUT2D eigenvalue weighted by atomic mass is 16.5. The molecule has 0 radical (unpaired) electrons. The number of carbonyl (C=O) groups is 1. The van der Waals surface area contributed by atoms with Crippen molar-refractivity contribution >= 4 is 5.91 Å². The third-order valence-corrected chi connectivity index (χ3v) is 3.86. The zero-order valence-electron chi connectivity index (χ0n) is 13.5. The Labute approximate surface area is 132 Å². The van der Waals surface area contributed by atoms with Crippen molar-refractivity contribution in [1.29, 1.82) is 0 Å². The van der Waals surface area contributed by atoms with E-state index >= 15 is 0 Å². The maximum absolute atomic E-state index is 12.3. The molecule has 5 nitrogen and oxygen atoms in total. The van der Waals surface area contributed by atoms with Crippen LogP contribution in [0.5, 0.6) is 11.5 Å². The van der Waals surface area contributed by atoms with Crippen LogP contribution in [0.4, 0.5) is 0 Å². The molecule has 1 aliphatic heterocycles. The van der Waals surface area contributed by atoms with E-state index in [4.69, 9.17) is 9.47 Å². The van der Waals surface area contributed by atoms with Gasteiger partial charge in [0.25, 0.3) is 5.91 Å². The summed E-state index contributed by atoms with van der Waals surface area (Å²) < 4.78 is 11.2. The van der Waals surface area contributed by atoms with Crippen LogP contribution in [0, 0.1) is 5.92 Å². The van der Waals surface area contributed by atoms with E-state index in [1.807, 2.05) is 43.1 Å². The zero-order valence-corrected chi connectivity index (χ0v) is 13.5. The molecule has 1 aromatic rings. The van der Waals surface area contributed by atoms with Gasteiger partial charge in [0.2, 0.25) is 0 Å². The second-order valence-electron chi connectivity index (χ2n) is 5.57. The summed E-state index contributed by atoms with van der Waals surface area (Å²) in [7, 11) is 1.95. The Morgan fingerprint density at radius 1 is 1.32 bits per heavy atom. The van der Waals surface area contributed by atoms with Crippen LogP contribution < -0.4 is 14.8 Å². The van der Waals surface area contributed by atoms with Gasteiger partial charge in [-0.2, -0.15) is 0 Å². The number of amides is 1. The number of hydrogen-bond acceptors (Lipinski definition) is 4. The Morgan fingerprint density at radius 2 is 2.05 bits per heavy atom. The molecule has 1 N–H and O–H groups in total. The summed E-state index contributed by atoms with van der Waals surface area (Å²) in [4.78, 5) is 14.2. The van der Waals surface area contributed by atoms with Gasteiger partial charge in [0.1, 0.15) is 0 Å². The lowest BCUT2D eigenvalue weighted by molar-refractivity contribution is -0.135. The summed E-state index contributed by atoms with van der Waals surface area (Å²) in [5.41, 5.74) is 0. The van der Waals surface area contributed by atoms with Crippen molar-refractivity contribution in [3.63, 3.8) is 0 Å². The second kappa shape index (κ2) is 8.63. The van der Waals surface area contributed by atoms with E-state index < -0.39 is 0 Å². The Balaban J connectivity index is 1.87. The molecule has 1 atom stereocenters. The van der Waals surface area contributed by atoms with E-state index in [2.05, 4.69) is 5.32 Å². The van der Waals surface area contributed by atoms with Crippen LogP contribution >= 0.6 is 0 Å². The lowest BCUT2D eigenvalue weighted by atomic mass is 9.98. The molecule has 5 heteroatoms. The first-order chi connectivity index (χ1) is 10.7. The summed E-state index contributed by atoms with van der Waals surface area (Å²) in [6.07, 6.45) is 2.24. The van der Waals surface area contributed by atoms with E-state index in [0.717, 1.165) is 26.1 Å². The summed E-state index contributed by atoms with van der Waals surface area (Å²) >= 11 is 0. The minimum absolute atomic E-state index is 0.0482. The summed E-state index contributed by atoms with van der Waals surface area (Å²) in [5, 5.41) is 3.19. The van der Waals surface area contributed by atoms with E-state index in [9.17, 15) is 4.79 Å². The van der Waals surface area contributed by atoms with Crippen LogP contribution in [-0.2, 0) is 4.79 Å². The Bertz CT molecular complexity index is 477. The fourth-order valence-corrected chi connectivity index (χ4v) is 2.82. The molecule has 0 spiro atoms. The fourth-order valence-electron chi connectivity index (χ4n) is 2.82.